The number of aromatic nitrogens is 2. The summed E-state index contributed by atoms with van der Waals surface area (Å²) < 4.78 is 40.2. The van der Waals surface area contributed by atoms with E-state index >= 15 is 0 Å². The van der Waals surface area contributed by atoms with E-state index in [1.165, 1.54) is 18.2 Å². The van der Waals surface area contributed by atoms with Gasteiger partial charge in [-0.25, -0.2) is 13.8 Å². The summed E-state index contributed by atoms with van der Waals surface area (Å²) in [6.45, 7) is 7.92. The first-order valence-electron chi connectivity index (χ1n) is 8.47. The van der Waals surface area contributed by atoms with Crippen LogP contribution in [0.4, 0.5) is 8.78 Å². The fourth-order valence-corrected chi connectivity index (χ4v) is 3.03. The van der Waals surface area contributed by atoms with Crippen LogP contribution in [0.1, 0.15) is 27.7 Å². The summed E-state index contributed by atoms with van der Waals surface area (Å²) in [6.07, 6.45) is 1.66. The number of halogens is 2. The summed E-state index contributed by atoms with van der Waals surface area (Å²) in [4.78, 5) is 7.34. The van der Waals surface area contributed by atoms with E-state index in [1.54, 1.807) is 12.3 Å². The normalized spacial score (nSPS) is 18.6. The van der Waals surface area contributed by atoms with Gasteiger partial charge in [0.15, 0.2) is 0 Å². The second-order valence-electron chi connectivity index (χ2n) is 7.57. The summed E-state index contributed by atoms with van der Waals surface area (Å²) in [5.41, 5.74) is 0.647. The molecule has 0 bridgehead atoms. The van der Waals surface area contributed by atoms with Gasteiger partial charge in [-0.1, -0.05) is 6.07 Å². The zero-order valence-corrected chi connectivity index (χ0v) is 15.1. The monoisotopic (exact) mass is 356 g/mol. The Balaban J connectivity index is 1.74. The van der Waals surface area contributed by atoms with Gasteiger partial charge in [-0.15, -0.1) is 0 Å². The molecule has 4 nitrogen and oxygen atoms in total. The van der Waals surface area contributed by atoms with Crippen LogP contribution in [0, 0.1) is 11.6 Å². The molecule has 1 fully saturated rings. The van der Waals surface area contributed by atoms with Crippen molar-refractivity contribution in [2.24, 2.45) is 0 Å². The van der Waals surface area contributed by atoms with E-state index in [9.17, 15) is 8.78 Å². The highest BCUT2D eigenvalue weighted by Gasteiger charge is 2.51. The Labute approximate surface area is 150 Å². The molecule has 0 radical (unpaired) electrons. The van der Waals surface area contributed by atoms with Crippen molar-refractivity contribution in [3.8, 4) is 11.3 Å². The molecule has 1 N–H and O–H groups in total. The lowest BCUT2D eigenvalue weighted by atomic mass is 9.80. The molecule has 0 unspecified atom stereocenters. The van der Waals surface area contributed by atoms with Gasteiger partial charge in [-0.05, 0) is 52.0 Å². The molecule has 2 aromatic heterocycles. The van der Waals surface area contributed by atoms with Crippen LogP contribution in [0.15, 0.2) is 36.5 Å². The molecule has 134 valence electrons. The molecule has 26 heavy (non-hydrogen) atoms. The van der Waals surface area contributed by atoms with Crippen LogP contribution in [0.5, 0.6) is 0 Å². The molecule has 1 aromatic carbocycles. The standard InChI is InChI=1S/C19H19BF2N2O2/c1-18(2)19(3,4)26-20(25-18)12-8-11-9-15(24-17(11)23-10-12)16-13(21)6-5-7-14(16)22/h5-10H,1-4H3,(H,23,24). The summed E-state index contributed by atoms with van der Waals surface area (Å²) in [5.74, 6) is -1.24. The molecular formula is C19H19BF2N2O2. The van der Waals surface area contributed by atoms with Crippen molar-refractivity contribution in [2.45, 2.75) is 38.9 Å². The topological polar surface area (TPSA) is 47.1 Å². The zero-order chi connectivity index (χ0) is 18.7. The minimum Gasteiger partial charge on any atom is -0.399 e. The van der Waals surface area contributed by atoms with Crippen LogP contribution < -0.4 is 5.46 Å². The molecular weight excluding hydrogens is 337 g/mol. The predicted octanol–water partition coefficient (Wildman–Crippen LogP) is 3.81. The molecule has 4 rings (SSSR count). The molecule has 0 atom stereocenters. The Hall–Kier alpha value is -2.25. The van der Waals surface area contributed by atoms with Crippen LogP contribution >= 0.6 is 0 Å². The highest BCUT2D eigenvalue weighted by atomic mass is 19.1. The maximum atomic E-state index is 14.0. The van der Waals surface area contributed by atoms with Crippen molar-refractivity contribution in [1.29, 1.82) is 0 Å². The summed E-state index contributed by atoms with van der Waals surface area (Å²) in [7, 11) is -0.541. The Kier molecular flexibility index (Phi) is 3.72. The van der Waals surface area contributed by atoms with Gasteiger partial charge in [0.1, 0.15) is 17.3 Å². The predicted molar refractivity (Wildman–Crippen MR) is 97.2 cm³/mol. The quantitative estimate of drug-likeness (QED) is 0.711. The van der Waals surface area contributed by atoms with Crippen molar-refractivity contribution in [2.75, 3.05) is 0 Å². The van der Waals surface area contributed by atoms with Crippen molar-refractivity contribution >= 4 is 23.6 Å². The van der Waals surface area contributed by atoms with Crippen LogP contribution in [0.3, 0.4) is 0 Å². The molecule has 1 aliphatic rings. The largest absolute Gasteiger partial charge is 0.496 e. The average Bonchev–Trinajstić information content (AvgIpc) is 3.04. The second kappa shape index (κ2) is 5.63. The lowest BCUT2D eigenvalue weighted by molar-refractivity contribution is 0.00578. The van der Waals surface area contributed by atoms with Crippen molar-refractivity contribution in [3.05, 3.63) is 48.2 Å². The van der Waals surface area contributed by atoms with Gasteiger partial charge in [0.05, 0.1) is 22.5 Å². The summed E-state index contributed by atoms with van der Waals surface area (Å²) in [6, 6.07) is 7.34. The van der Waals surface area contributed by atoms with Gasteiger partial charge in [0.2, 0.25) is 0 Å². The third-order valence-electron chi connectivity index (χ3n) is 5.25. The third-order valence-corrected chi connectivity index (χ3v) is 5.25. The van der Waals surface area contributed by atoms with E-state index in [-0.39, 0.29) is 5.56 Å². The van der Waals surface area contributed by atoms with Crippen LogP contribution in [-0.4, -0.2) is 28.3 Å². The van der Waals surface area contributed by atoms with E-state index in [0.717, 1.165) is 10.8 Å². The number of aromatic amines is 1. The van der Waals surface area contributed by atoms with Crippen molar-refractivity contribution in [1.82, 2.24) is 9.97 Å². The van der Waals surface area contributed by atoms with Gasteiger partial charge in [0, 0.05) is 17.0 Å². The minimum absolute atomic E-state index is 0.0947. The van der Waals surface area contributed by atoms with Gasteiger partial charge in [0.25, 0.3) is 0 Å². The van der Waals surface area contributed by atoms with E-state index in [1.807, 2.05) is 33.8 Å². The maximum Gasteiger partial charge on any atom is 0.496 e. The summed E-state index contributed by atoms with van der Waals surface area (Å²) >= 11 is 0. The first-order chi connectivity index (χ1) is 12.2. The Morgan fingerprint density at radius 2 is 1.62 bits per heavy atom. The molecule has 0 saturated carbocycles. The lowest BCUT2D eigenvalue weighted by Gasteiger charge is -2.32. The average molecular weight is 356 g/mol. The molecule has 3 heterocycles. The lowest BCUT2D eigenvalue weighted by Crippen LogP contribution is -2.41. The number of nitrogens with zero attached hydrogens (tertiary/aromatic N) is 1. The fourth-order valence-electron chi connectivity index (χ4n) is 3.03. The molecule has 1 aliphatic heterocycles. The first-order valence-corrected chi connectivity index (χ1v) is 8.47. The molecule has 0 amide bonds. The van der Waals surface area contributed by atoms with E-state index in [2.05, 4.69) is 9.97 Å². The van der Waals surface area contributed by atoms with Gasteiger partial charge >= 0.3 is 7.12 Å². The number of nitrogens with one attached hydrogen (secondary N) is 1. The number of H-pyrrole nitrogens is 1. The number of fused-ring (bicyclic) bond motifs is 1. The highest BCUT2D eigenvalue weighted by molar-refractivity contribution is 6.62. The van der Waals surface area contributed by atoms with Crippen molar-refractivity contribution < 1.29 is 18.1 Å². The number of rotatable bonds is 2. The summed E-state index contributed by atoms with van der Waals surface area (Å²) in [5, 5.41) is 0.731. The Bertz CT molecular complexity index is 964. The maximum absolute atomic E-state index is 14.0. The van der Waals surface area contributed by atoms with E-state index in [4.69, 9.17) is 9.31 Å². The smallest absolute Gasteiger partial charge is 0.399 e. The minimum atomic E-state index is -0.622. The number of benzene rings is 1. The van der Waals surface area contributed by atoms with Crippen LogP contribution in [0.25, 0.3) is 22.3 Å². The van der Waals surface area contributed by atoms with Crippen molar-refractivity contribution in [3.63, 3.8) is 0 Å². The third kappa shape index (κ3) is 2.62. The SMILES string of the molecule is CC1(C)OB(c2cnc3[nH]c(-c4c(F)cccc4F)cc3c2)OC1(C)C. The number of hydrogen-bond acceptors (Lipinski definition) is 3. The molecule has 3 aromatic rings. The van der Waals surface area contributed by atoms with E-state index in [0.29, 0.717) is 11.3 Å². The van der Waals surface area contributed by atoms with Gasteiger partial charge in [-0.3, -0.25) is 0 Å². The van der Waals surface area contributed by atoms with E-state index < -0.39 is 30.0 Å². The van der Waals surface area contributed by atoms with Gasteiger partial charge in [-0.2, -0.15) is 0 Å². The molecule has 1 saturated heterocycles. The Morgan fingerprint density at radius 3 is 2.23 bits per heavy atom. The molecule has 7 heteroatoms. The van der Waals surface area contributed by atoms with Gasteiger partial charge < -0.3 is 14.3 Å². The van der Waals surface area contributed by atoms with Crippen LogP contribution in [-0.2, 0) is 9.31 Å². The number of hydrogen-bond donors (Lipinski definition) is 1. The fraction of sp³-hybridized carbons (Fsp3) is 0.316. The first kappa shape index (κ1) is 17.2. The Morgan fingerprint density at radius 1 is 1.00 bits per heavy atom. The van der Waals surface area contributed by atoms with Crippen LogP contribution in [0.2, 0.25) is 0 Å². The molecule has 0 spiro atoms. The highest BCUT2D eigenvalue weighted by Crippen LogP contribution is 2.36. The zero-order valence-electron chi connectivity index (χ0n) is 15.1. The second-order valence-corrected chi connectivity index (χ2v) is 7.57. The molecule has 0 aliphatic carbocycles. The number of pyridine rings is 1.